The molecule has 0 fully saturated rings. The highest BCUT2D eigenvalue weighted by Crippen LogP contribution is 2.37. The molecule has 38 heavy (non-hydrogen) atoms. The fourth-order valence-electron chi connectivity index (χ4n) is 5.13. The summed E-state index contributed by atoms with van der Waals surface area (Å²) in [5.74, 6) is -0.559. The molecule has 2 heterocycles. The van der Waals surface area contributed by atoms with Crippen LogP contribution in [0, 0.1) is 15.2 Å². The van der Waals surface area contributed by atoms with Crippen molar-refractivity contribution >= 4 is 52.4 Å². The van der Waals surface area contributed by atoms with Gasteiger partial charge < -0.3 is 8.99 Å². The number of hydrogen-bond acceptors (Lipinski definition) is 3. The Bertz CT molecular complexity index is 1510. The molecule has 0 atom stereocenters. The van der Waals surface area contributed by atoms with Crippen molar-refractivity contribution in [2.45, 2.75) is 39.0 Å². The summed E-state index contributed by atoms with van der Waals surface area (Å²) in [7, 11) is -2.82. The first kappa shape index (κ1) is 26.6. The third kappa shape index (κ3) is 5.17. The van der Waals surface area contributed by atoms with Crippen molar-refractivity contribution in [3.8, 4) is 0 Å². The van der Waals surface area contributed by atoms with E-state index in [2.05, 4.69) is 96.9 Å². The lowest BCUT2D eigenvalue weighted by atomic mass is 10.2. The summed E-state index contributed by atoms with van der Waals surface area (Å²) in [4.78, 5) is 9.34. The number of pyridine rings is 1. The lowest BCUT2D eigenvalue weighted by Gasteiger charge is -2.43. The zero-order valence-corrected chi connectivity index (χ0v) is 24.6. The Morgan fingerprint density at radius 2 is 1.45 bits per heavy atom. The van der Waals surface area contributed by atoms with Crippen LogP contribution in [0.25, 0.3) is 11.2 Å². The van der Waals surface area contributed by atoms with Crippen molar-refractivity contribution in [1.82, 2.24) is 14.5 Å². The van der Waals surface area contributed by atoms with Gasteiger partial charge in [0, 0.05) is 22.4 Å². The topological polar surface area (TPSA) is 39.9 Å². The zero-order chi connectivity index (χ0) is 26.9. The average Bonchev–Trinajstić information content (AvgIpc) is 3.20. The first-order chi connectivity index (χ1) is 18.2. The molecule has 0 saturated heterocycles. The summed E-state index contributed by atoms with van der Waals surface area (Å²) >= 11 is 2.21. The van der Waals surface area contributed by atoms with Gasteiger partial charge in [0.2, 0.25) is 0 Å². The molecule has 5 rings (SSSR count). The standard InChI is InChI=1S/C30H28F2IN3OSi/c1-30(2,3)38(25-10-6-4-7-11-25,26-12-8-5-9-13-26)37-20-28-35-29-27(17-24(33)18-34-29)36(28)19-21-14-22(31)16-23(32)15-21/h4-18H,19-20H2,1-3H3. The average molecular weight is 640 g/mol. The van der Waals surface area contributed by atoms with Crippen molar-refractivity contribution in [3.05, 3.63) is 118 Å². The van der Waals surface area contributed by atoms with E-state index in [-0.39, 0.29) is 18.2 Å². The van der Waals surface area contributed by atoms with Crippen LogP contribution in [-0.4, -0.2) is 22.9 Å². The Balaban J connectivity index is 1.63. The molecule has 4 nitrogen and oxygen atoms in total. The summed E-state index contributed by atoms with van der Waals surface area (Å²) in [5.41, 5.74) is 1.87. The summed E-state index contributed by atoms with van der Waals surface area (Å²) in [5, 5.41) is 2.13. The molecule has 2 aromatic heterocycles. The van der Waals surface area contributed by atoms with Gasteiger partial charge in [-0.15, -0.1) is 0 Å². The third-order valence-electron chi connectivity index (χ3n) is 6.75. The highest BCUT2D eigenvalue weighted by molar-refractivity contribution is 14.1. The number of fused-ring (bicyclic) bond motifs is 1. The van der Waals surface area contributed by atoms with Gasteiger partial charge in [-0.2, -0.15) is 0 Å². The van der Waals surface area contributed by atoms with E-state index in [9.17, 15) is 8.78 Å². The molecule has 5 aromatic rings. The van der Waals surface area contributed by atoms with E-state index in [0.717, 1.165) is 15.2 Å². The minimum Gasteiger partial charge on any atom is -0.400 e. The number of rotatable bonds is 7. The maximum atomic E-state index is 14.0. The minimum atomic E-state index is -2.82. The molecular weight excluding hydrogens is 611 g/mol. The molecule has 0 N–H and O–H groups in total. The van der Waals surface area contributed by atoms with Crippen molar-refractivity contribution < 1.29 is 13.2 Å². The summed E-state index contributed by atoms with van der Waals surface area (Å²) < 4.78 is 38.1. The molecule has 0 bridgehead atoms. The van der Waals surface area contributed by atoms with Gasteiger partial charge in [-0.25, -0.2) is 18.7 Å². The molecule has 0 aliphatic heterocycles. The van der Waals surface area contributed by atoms with Crippen LogP contribution >= 0.6 is 22.6 Å². The predicted molar refractivity (Wildman–Crippen MR) is 158 cm³/mol. The summed E-state index contributed by atoms with van der Waals surface area (Å²) in [6.07, 6.45) is 1.76. The molecule has 0 aliphatic rings. The smallest absolute Gasteiger partial charge is 0.261 e. The van der Waals surface area contributed by atoms with Crippen LogP contribution in [0.4, 0.5) is 8.78 Å². The van der Waals surface area contributed by atoms with Crippen molar-refractivity contribution in [2.24, 2.45) is 0 Å². The second-order valence-corrected chi connectivity index (χ2v) is 15.9. The van der Waals surface area contributed by atoms with E-state index in [1.54, 1.807) is 6.20 Å². The first-order valence-electron chi connectivity index (χ1n) is 12.4. The molecule has 0 unspecified atom stereocenters. The van der Waals surface area contributed by atoms with Crippen LogP contribution in [0.2, 0.25) is 5.04 Å². The molecule has 8 heteroatoms. The van der Waals surface area contributed by atoms with Crippen LogP contribution in [0.1, 0.15) is 32.2 Å². The van der Waals surface area contributed by atoms with Crippen LogP contribution < -0.4 is 10.4 Å². The second kappa shape index (κ2) is 10.7. The summed E-state index contributed by atoms with van der Waals surface area (Å²) in [6, 6.07) is 26.4. The molecule has 0 radical (unpaired) electrons. The van der Waals surface area contributed by atoms with Crippen molar-refractivity contribution in [2.75, 3.05) is 0 Å². The lowest BCUT2D eigenvalue weighted by Crippen LogP contribution is -2.66. The molecular formula is C30H28F2IN3OSi. The monoisotopic (exact) mass is 639 g/mol. The van der Waals surface area contributed by atoms with Gasteiger partial charge in [0.1, 0.15) is 17.5 Å². The Hall–Kier alpha value is -2.95. The maximum Gasteiger partial charge on any atom is 0.261 e. The Morgan fingerprint density at radius 1 is 0.868 bits per heavy atom. The lowest BCUT2D eigenvalue weighted by molar-refractivity contribution is 0.272. The number of benzene rings is 3. The quantitative estimate of drug-likeness (QED) is 0.152. The van der Waals surface area contributed by atoms with E-state index in [1.165, 1.54) is 22.5 Å². The number of imidazole rings is 1. The number of halogens is 3. The normalized spacial score (nSPS) is 12.3. The molecule has 0 saturated carbocycles. The van der Waals surface area contributed by atoms with Gasteiger partial charge in [-0.3, -0.25) is 0 Å². The van der Waals surface area contributed by atoms with Gasteiger partial charge >= 0.3 is 0 Å². The van der Waals surface area contributed by atoms with Crippen LogP contribution in [0.3, 0.4) is 0 Å². The Morgan fingerprint density at radius 3 is 2.00 bits per heavy atom. The van der Waals surface area contributed by atoms with Crippen LogP contribution in [0.15, 0.2) is 91.1 Å². The zero-order valence-electron chi connectivity index (χ0n) is 21.5. The maximum absolute atomic E-state index is 14.0. The van der Waals surface area contributed by atoms with Crippen molar-refractivity contribution in [1.29, 1.82) is 0 Å². The number of aromatic nitrogens is 3. The van der Waals surface area contributed by atoms with Crippen molar-refractivity contribution in [3.63, 3.8) is 0 Å². The third-order valence-corrected chi connectivity index (χ3v) is 12.3. The van der Waals surface area contributed by atoms with Gasteiger partial charge in [0.15, 0.2) is 5.65 Å². The highest BCUT2D eigenvalue weighted by Gasteiger charge is 2.50. The van der Waals surface area contributed by atoms with Gasteiger partial charge in [0.05, 0.1) is 12.1 Å². The molecule has 0 amide bonds. The predicted octanol–water partition coefficient (Wildman–Crippen LogP) is 6.44. The van der Waals surface area contributed by atoms with E-state index in [0.29, 0.717) is 17.0 Å². The van der Waals surface area contributed by atoms with Gasteiger partial charge in [0.25, 0.3) is 8.32 Å². The van der Waals surface area contributed by atoms with Crippen LogP contribution in [0.5, 0.6) is 0 Å². The number of nitrogens with zero attached hydrogens (tertiary/aromatic N) is 3. The Kier molecular flexibility index (Phi) is 7.48. The molecule has 3 aromatic carbocycles. The minimum absolute atomic E-state index is 0.203. The van der Waals surface area contributed by atoms with E-state index >= 15 is 0 Å². The van der Waals surface area contributed by atoms with E-state index < -0.39 is 20.0 Å². The largest absolute Gasteiger partial charge is 0.400 e. The number of hydrogen-bond donors (Lipinski definition) is 0. The second-order valence-electron chi connectivity index (χ2n) is 10.3. The van der Waals surface area contributed by atoms with Crippen LogP contribution in [-0.2, 0) is 17.6 Å². The van der Waals surface area contributed by atoms with Gasteiger partial charge in [-0.05, 0) is 61.8 Å². The molecule has 0 aliphatic carbocycles. The highest BCUT2D eigenvalue weighted by atomic mass is 127. The fourth-order valence-corrected chi connectivity index (χ4v) is 10.1. The van der Waals surface area contributed by atoms with E-state index in [1.807, 2.05) is 22.8 Å². The fraction of sp³-hybridized carbons (Fsp3) is 0.200. The first-order valence-corrected chi connectivity index (χ1v) is 15.4. The molecule has 0 spiro atoms. The molecule has 194 valence electrons. The summed E-state index contributed by atoms with van der Waals surface area (Å²) in [6.45, 7) is 7.13. The van der Waals surface area contributed by atoms with E-state index in [4.69, 9.17) is 9.41 Å². The Labute approximate surface area is 236 Å². The SMILES string of the molecule is CC(C)(C)[Si](OCc1nc2ncc(I)cc2n1Cc1cc(F)cc(F)c1)(c1ccccc1)c1ccccc1. The van der Waals surface area contributed by atoms with Gasteiger partial charge in [-0.1, -0.05) is 81.4 Å².